The van der Waals surface area contributed by atoms with Gasteiger partial charge in [-0.25, -0.2) is 0 Å². The monoisotopic (exact) mass is 306 g/mol. The molecule has 0 atom stereocenters. The fourth-order valence-electron chi connectivity index (χ4n) is 2.06. The molecule has 0 aromatic rings. The molecule has 0 aliphatic heterocycles. The van der Waals surface area contributed by atoms with E-state index in [0.29, 0.717) is 31.6 Å². The summed E-state index contributed by atoms with van der Waals surface area (Å²) in [5.74, 6) is -1.66. The fraction of sp³-hybridized carbons (Fsp3) is 0.714. The summed E-state index contributed by atoms with van der Waals surface area (Å²) in [5, 5.41) is 10.5. The normalized spacial score (nSPS) is 15.7. The third kappa shape index (κ3) is 5.44. The third-order valence-corrected chi connectivity index (χ3v) is 4.18. The number of hydrogen-bond acceptors (Lipinski definition) is 3. The molecule has 0 amide bonds. The molecule has 6 heteroatoms. The molecule has 0 fully saturated rings. The molecule has 0 aromatic carbocycles. The summed E-state index contributed by atoms with van der Waals surface area (Å²) in [6.07, 6.45) is 5.91. The first kappa shape index (κ1) is 17.5. The predicted molar refractivity (Wildman–Crippen MR) is 76.8 cm³/mol. The molecule has 1 rings (SSSR count). The SMILES string of the molecule is CCCOC(O)(CCC1=C([SiH](F)F)C=CC1)OCCC. The summed E-state index contributed by atoms with van der Waals surface area (Å²) in [5.41, 5.74) is 0.713. The van der Waals surface area contributed by atoms with Crippen molar-refractivity contribution in [2.24, 2.45) is 0 Å². The molecule has 0 unspecified atom stereocenters. The molecule has 3 nitrogen and oxygen atoms in total. The van der Waals surface area contributed by atoms with Crippen LogP contribution in [0.3, 0.4) is 0 Å². The summed E-state index contributed by atoms with van der Waals surface area (Å²) in [4.78, 5) is 0. The largest absolute Gasteiger partial charge is 0.441 e. The molecule has 0 heterocycles. The van der Waals surface area contributed by atoms with Crippen LogP contribution in [0.5, 0.6) is 0 Å². The van der Waals surface area contributed by atoms with Crippen molar-refractivity contribution in [3.8, 4) is 0 Å². The summed E-state index contributed by atoms with van der Waals surface area (Å²) in [7, 11) is -3.78. The van der Waals surface area contributed by atoms with Crippen molar-refractivity contribution < 1.29 is 22.8 Å². The van der Waals surface area contributed by atoms with Crippen LogP contribution in [0.4, 0.5) is 8.22 Å². The van der Waals surface area contributed by atoms with E-state index in [2.05, 4.69) is 0 Å². The van der Waals surface area contributed by atoms with E-state index >= 15 is 0 Å². The van der Waals surface area contributed by atoms with Gasteiger partial charge in [0.05, 0.1) is 13.2 Å². The molecule has 0 radical (unpaired) electrons. The zero-order valence-electron chi connectivity index (χ0n) is 12.2. The molecular formula is C14H24F2O3Si. The lowest BCUT2D eigenvalue weighted by Crippen LogP contribution is -2.36. The number of aliphatic hydroxyl groups is 1. The number of halogens is 2. The van der Waals surface area contributed by atoms with E-state index in [0.717, 1.165) is 12.8 Å². The Morgan fingerprint density at radius 1 is 1.25 bits per heavy atom. The summed E-state index contributed by atoms with van der Waals surface area (Å²) in [6.45, 7) is 4.64. The second-order valence-corrected chi connectivity index (χ2v) is 6.10. The van der Waals surface area contributed by atoms with E-state index in [1.807, 2.05) is 13.8 Å². The van der Waals surface area contributed by atoms with Crippen molar-refractivity contribution in [1.82, 2.24) is 0 Å². The second kappa shape index (κ2) is 8.66. The second-order valence-electron chi connectivity index (χ2n) is 4.88. The van der Waals surface area contributed by atoms with Gasteiger partial charge in [-0.05, 0) is 30.9 Å². The highest BCUT2D eigenvalue weighted by molar-refractivity contribution is 6.53. The van der Waals surface area contributed by atoms with Gasteiger partial charge in [0.2, 0.25) is 0 Å². The summed E-state index contributed by atoms with van der Waals surface area (Å²) in [6, 6.07) is 0. The van der Waals surface area contributed by atoms with Crippen molar-refractivity contribution in [2.75, 3.05) is 13.2 Å². The minimum atomic E-state index is -3.78. The van der Waals surface area contributed by atoms with Crippen molar-refractivity contribution in [1.29, 1.82) is 0 Å². The van der Waals surface area contributed by atoms with Crippen molar-refractivity contribution >= 4 is 9.46 Å². The highest BCUT2D eigenvalue weighted by Crippen LogP contribution is 2.29. The molecule has 0 saturated carbocycles. The van der Waals surface area contributed by atoms with E-state index in [1.54, 1.807) is 6.08 Å². The lowest BCUT2D eigenvalue weighted by molar-refractivity contribution is -0.362. The highest BCUT2D eigenvalue weighted by Gasteiger charge is 2.30. The first-order chi connectivity index (χ1) is 9.52. The van der Waals surface area contributed by atoms with E-state index < -0.39 is 15.4 Å². The maximum absolute atomic E-state index is 12.9. The van der Waals surface area contributed by atoms with Crippen LogP contribution in [0, 0.1) is 0 Å². The Balaban J connectivity index is 2.59. The fourth-order valence-corrected chi connectivity index (χ4v) is 2.91. The van der Waals surface area contributed by atoms with E-state index in [1.165, 1.54) is 6.08 Å². The van der Waals surface area contributed by atoms with E-state index in [-0.39, 0.29) is 11.6 Å². The quantitative estimate of drug-likeness (QED) is 0.383. The van der Waals surface area contributed by atoms with Crippen LogP contribution < -0.4 is 0 Å². The minimum Gasteiger partial charge on any atom is -0.343 e. The standard InChI is InChI=1S/C14H24F2O3Si/c1-3-10-18-14(17,19-11-4-2)9-8-12-6-5-7-13(12)20(15)16/h5,7,17,20H,3-4,6,8-11H2,1-2H3. The molecule has 0 bridgehead atoms. The summed E-state index contributed by atoms with van der Waals surface area (Å²) >= 11 is 0. The predicted octanol–water partition coefficient (Wildman–Crippen LogP) is 3.22. The lowest BCUT2D eigenvalue weighted by Gasteiger charge is -2.28. The van der Waals surface area contributed by atoms with Crippen molar-refractivity contribution in [3.63, 3.8) is 0 Å². The molecule has 1 aliphatic rings. The van der Waals surface area contributed by atoms with Crippen LogP contribution in [0.2, 0.25) is 0 Å². The molecule has 116 valence electrons. The maximum atomic E-state index is 12.9. The van der Waals surface area contributed by atoms with Gasteiger partial charge in [0, 0.05) is 6.42 Å². The van der Waals surface area contributed by atoms with Gasteiger partial charge in [-0.15, -0.1) is 0 Å². The Morgan fingerprint density at radius 2 is 1.85 bits per heavy atom. The van der Waals surface area contributed by atoms with E-state index in [9.17, 15) is 13.3 Å². The molecule has 0 saturated heterocycles. The Bertz CT molecular complexity index is 348. The molecular weight excluding hydrogens is 282 g/mol. The maximum Gasteiger partial charge on any atom is 0.441 e. The van der Waals surface area contributed by atoms with Gasteiger partial charge in [0.15, 0.2) is 0 Å². The zero-order valence-corrected chi connectivity index (χ0v) is 13.4. The number of rotatable bonds is 10. The molecule has 20 heavy (non-hydrogen) atoms. The van der Waals surface area contributed by atoms with Gasteiger partial charge in [-0.1, -0.05) is 31.6 Å². The number of allylic oxidation sites excluding steroid dienone is 4. The van der Waals surface area contributed by atoms with Gasteiger partial charge in [0.25, 0.3) is 5.97 Å². The Hall–Kier alpha value is -0.563. The van der Waals surface area contributed by atoms with Gasteiger partial charge in [-0.2, -0.15) is 0 Å². The van der Waals surface area contributed by atoms with Gasteiger partial charge in [-0.3, -0.25) is 8.22 Å². The first-order valence-corrected chi connectivity index (χ1v) is 8.64. The number of ether oxygens (including phenoxy) is 2. The topological polar surface area (TPSA) is 38.7 Å². The van der Waals surface area contributed by atoms with Crippen LogP contribution in [0.25, 0.3) is 0 Å². The highest BCUT2D eigenvalue weighted by atomic mass is 28.4. The van der Waals surface area contributed by atoms with Crippen LogP contribution in [0.15, 0.2) is 22.9 Å². The van der Waals surface area contributed by atoms with Crippen LogP contribution in [-0.2, 0) is 9.47 Å². The third-order valence-electron chi connectivity index (χ3n) is 3.11. The first-order valence-electron chi connectivity index (χ1n) is 7.19. The van der Waals surface area contributed by atoms with Crippen LogP contribution in [0.1, 0.15) is 46.0 Å². The van der Waals surface area contributed by atoms with Gasteiger partial charge < -0.3 is 14.6 Å². The van der Waals surface area contributed by atoms with Gasteiger partial charge in [0.1, 0.15) is 0 Å². The van der Waals surface area contributed by atoms with Crippen LogP contribution >= 0.6 is 0 Å². The molecule has 0 aromatic heterocycles. The molecule has 0 spiro atoms. The van der Waals surface area contributed by atoms with E-state index in [4.69, 9.17) is 9.47 Å². The smallest absolute Gasteiger partial charge is 0.343 e. The number of hydrogen-bond donors (Lipinski definition) is 1. The molecule has 1 N–H and O–H groups in total. The van der Waals surface area contributed by atoms with Gasteiger partial charge >= 0.3 is 9.46 Å². The lowest BCUT2D eigenvalue weighted by atomic mass is 10.1. The van der Waals surface area contributed by atoms with Crippen molar-refractivity contribution in [3.05, 3.63) is 22.9 Å². The zero-order chi connectivity index (χ0) is 15.0. The van der Waals surface area contributed by atoms with Crippen molar-refractivity contribution in [2.45, 2.75) is 51.9 Å². The average molecular weight is 306 g/mol. The Kier molecular flexibility index (Phi) is 7.58. The molecule has 1 aliphatic carbocycles. The Morgan fingerprint density at radius 3 is 2.35 bits per heavy atom. The average Bonchev–Trinajstić information content (AvgIpc) is 2.90. The summed E-state index contributed by atoms with van der Waals surface area (Å²) < 4.78 is 36.5. The minimum absolute atomic E-state index is 0.189. The van der Waals surface area contributed by atoms with Crippen LogP contribution in [-0.4, -0.2) is 33.8 Å². The Labute approximate surface area is 121 Å².